The number of nitrogens with zero attached hydrogens (tertiary/aromatic N) is 5. The van der Waals surface area contributed by atoms with Gasteiger partial charge >= 0.3 is 0 Å². The molecule has 6 nitrogen and oxygen atoms in total. The number of anilines is 1. The molecule has 0 spiro atoms. The SMILES string of the molecule is c1ncn(-c2ccc(NCc3csnn3)cc2)n1. The second-order valence-electron chi connectivity index (χ2n) is 3.64. The standard InChI is InChI=1S/C11H10N6S/c1-3-11(17-8-12-7-14-17)4-2-9(1)13-5-10-6-18-16-15-10/h1-4,6-8,13H,5H2. The minimum Gasteiger partial charge on any atom is -0.379 e. The highest BCUT2D eigenvalue weighted by Crippen LogP contribution is 2.13. The molecule has 0 saturated carbocycles. The first-order valence-electron chi connectivity index (χ1n) is 5.37. The topological polar surface area (TPSA) is 68.5 Å². The Morgan fingerprint density at radius 1 is 1.22 bits per heavy atom. The maximum Gasteiger partial charge on any atom is 0.138 e. The minimum absolute atomic E-state index is 0.680. The molecule has 3 rings (SSSR count). The zero-order valence-electron chi connectivity index (χ0n) is 9.39. The van der Waals surface area contributed by atoms with E-state index in [-0.39, 0.29) is 0 Å². The van der Waals surface area contributed by atoms with E-state index in [1.54, 1.807) is 11.0 Å². The van der Waals surface area contributed by atoms with Crippen molar-refractivity contribution in [2.75, 3.05) is 5.32 Å². The first-order valence-corrected chi connectivity index (χ1v) is 6.20. The van der Waals surface area contributed by atoms with Crippen molar-refractivity contribution in [3.63, 3.8) is 0 Å². The molecule has 0 aliphatic carbocycles. The molecule has 0 aliphatic heterocycles. The number of nitrogens with one attached hydrogen (secondary N) is 1. The van der Waals surface area contributed by atoms with E-state index < -0.39 is 0 Å². The summed E-state index contributed by atoms with van der Waals surface area (Å²) in [6.45, 7) is 0.680. The van der Waals surface area contributed by atoms with Crippen LogP contribution in [-0.2, 0) is 6.54 Å². The molecule has 18 heavy (non-hydrogen) atoms. The van der Waals surface area contributed by atoms with Gasteiger partial charge in [-0.1, -0.05) is 4.49 Å². The zero-order valence-corrected chi connectivity index (χ0v) is 10.2. The Balaban J connectivity index is 1.68. The van der Waals surface area contributed by atoms with Gasteiger partial charge in [0.15, 0.2) is 0 Å². The Kier molecular flexibility index (Phi) is 2.97. The third kappa shape index (κ3) is 2.35. The van der Waals surface area contributed by atoms with E-state index in [0.29, 0.717) is 6.54 Å². The van der Waals surface area contributed by atoms with E-state index >= 15 is 0 Å². The van der Waals surface area contributed by atoms with Crippen LogP contribution in [-0.4, -0.2) is 24.4 Å². The molecule has 3 aromatic rings. The van der Waals surface area contributed by atoms with Crippen molar-refractivity contribution in [2.24, 2.45) is 0 Å². The average molecular weight is 258 g/mol. The first-order chi connectivity index (χ1) is 8.92. The van der Waals surface area contributed by atoms with Gasteiger partial charge in [-0.3, -0.25) is 0 Å². The Hall–Kier alpha value is -2.28. The van der Waals surface area contributed by atoms with Crippen LogP contribution in [0.5, 0.6) is 0 Å². The smallest absolute Gasteiger partial charge is 0.138 e. The minimum atomic E-state index is 0.680. The maximum atomic E-state index is 4.07. The molecule has 1 N–H and O–H groups in total. The lowest BCUT2D eigenvalue weighted by atomic mass is 10.3. The fourth-order valence-electron chi connectivity index (χ4n) is 1.53. The van der Waals surface area contributed by atoms with Crippen LogP contribution in [0.25, 0.3) is 5.69 Å². The predicted octanol–water partition coefficient (Wildman–Crippen LogP) is 1.73. The molecule has 1 aromatic carbocycles. The van der Waals surface area contributed by atoms with Crippen LogP contribution in [0.15, 0.2) is 42.3 Å². The van der Waals surface area contributed by atoms with Crippen molar-refractivity contribution in [1.82, 2.24) is 24.4 Å². The molecular formula is C11H10N6S. The van der Waals surface area contributed by atoms with Crippen LogP contribution < -0.4 is 5.32 Å². The van der Waals surface area contributed by atoms with Gasteiger partial charge in [-0.15, -0.1) is 5.10 Å². The third-order valence-electron chi connectivity index (χ3n) is 2.43. The van der Waals surface area contributed by atoms with E-state index in [9.17, 15) is 0 Å². The van der Waals surface area contributed by atoms with E-state index in [4.69, 9.17) is 0 Å². The zero-order chi connectivity index (χ0) is 12.2. The summed E-state index contributed by atoms with van der Waals surface area (Å²) in [5, 5.41) is 13.2. The van der Waals surface area contributed by atoms with E-state index in [2.05, 4.69) is 25.0 Å². The van der Waals surface area contributed by atoms with Gasteiger partial charge in [-0.25, -0.2) is 9.67 Å². The number of hydrogen-bond donors (Lipinski definition) is 1. The average Bonchev–Trinajstić information content (AvgIpc) is 3.10. The summed E-state index contributed by atoms with van der Waals surface area (Å²) < 4.78 is 5.53. The van der Waals surface area contributed by atoms with Gasteiger partial charge in [-0.05, 0) is 35.8 Å². The second-order valence-corrected chi connectivity index (χ2v) is 4.25. The number of aromatic nitrogens is 5. The lowest BCUT2D eigenvalue weighted by Crippen LogP contribution is -2.00. The van der Waals surface area contributed by atoms with Gasteiger partial charge in [0.2, 0.25) is 0 Å². The quantitative estimate of drug-likeness (QED) is 0.772. The molecule has 7 heteroatoms. The van der Waals surface area contributed by atoms with Crippen LogP contribution in [0.2, 0.25) is 0 Å². The van der Waals surface area contributed by atoms with Crippen LogP contribution in [0, 0.1) is 0 Å². The number of hydrogen-bond acceptors (Lipinski definition) is 6. The van der Waals surface area contributed by atoms with E-state index in [1.165, 1.54) is 17.9 Å². The molecule has 0 unspecified atom stereocenters. The largest absolute Gasteiger partial charge is 0.379 e. The van der Waals surface area contributed by atoms with Crippen molar-refractivity contribution in [2.45, 2.75) is 6.54 Å². The van der Waals surface area contributed by atoms with Crippen LogP contribution in [0.3, 0.4) is 0 Å². The molecule has 0 saturated heterocycles. The molecular weight excluding hydrogens is 248 g/mol. The monoisotopic (exact) mass is 258 g/mol. The van der Waals surface area contributed by atoms with E-state index in [0.717, 1.165) is 17.1 Å². The van der Waals surface area contributed by atoms with Crippen molar-refractivity contribution in [3.8, 4) is 5.69 Å². The molecule has 2 aromatic heterocycles. The molecule has 0 amide bonds. The van der Waals surface area contributed by atoms with Crippen molar-refractivity contribution >= 4 is 17.2 Å². The summed E-state index contributed by atoms with van der Waals surface area (Å²) >= 11 is 1.36. The van der Waals surface area contributed by atoms with Crippen molar-refractivity contribution in [3.05, 3.63) is 48.0 Å². The summed E-state index contributed by atoms with van der Waals surface area (Å²) in [5.41, 5.74) is 2.96. The highest BCUT2D eigenvalue weighted by molar-refractivity contribution is 7.03. The molecule has 2 heterocycles. The highest BCUT2D eigenvalue weighted by Gasteiger charge is 1.99. The molecule has 0 bridgehead atoms. The van der Waals surface area contributed by atoms with Gasteiger partial charge in [-0.2, -0.15) is 5.10 Å². The van der Waals surface area contributed by atoms with Crippen LogP contribution in [0.1, 0.15) is 5.69 Å². The lowest BCUT2D eigenvalue weighted by Gasteiger charge is -2.05. The fraction of sp³-hybridized carbons (Fsp3) is 0.0909. The predicted molar refractivity (Wildman–Crippen MR) is 68.6 cm³/mol. The molecule has 90 valence electrons. The second kappa shape index (κ2) is 4.92. The summed E-state index contributed by atoms with van der Waals surface area (Å²) in [5.74, 6) is 0. The molecule has 0 radical (unpaired) electrons. The summed E-state index contributed by atoms with van der Waals surface area (Å²) in [7, 11) is 0. The van der Waals surface area contributed by atoms with Gasteiger partial charge in [0.1, 0.15) is 12.7 Å². The third-order valence-corrected chi connectivity index (χ3v) is 2.98. The summed E-state index contributed by atoms with van der Waals surface area (Å²) in [6.07, 6.45) is 3.19. The van der Waals surface area contributed by atoms with E-state index in [1.807, 2.05) is 29.6 Å². The summed E-state index contributed by atoms with van der Waals surface area (Å²) in [4.78, 5) is 3.91. The van der Waals surface area contributed by atoms with Gasteiger partial charge < -0.3 is 5.32 Å². The maximum absolute atomic E-state index is 4.07. The molecule has 0 atom stereocenters. The Morgan fingerprint density at radius 2 is 2.11 bits per heavy atom. The van der Waals surface area contributed by atoms with Crippen molar-refractivity contribution < 1.29 is 0 Å². The lowest BCUT2D eigenvalue weighted by molar-refractivity contribution is 0.879. The summed E-state index contributed by atoms with van der Waals surface area (Å²) in [6, 6.07) is 7.96. The first kappa shape index (κ1) is 10.8. The Bertz CT molecular complexity index is 587. The number of rotatable bonds is 4. The fourth-order valence-corrected chi connectivity index (χ4v) is 1.98. The van der Waals surface area contributed by atoms with Crippen molar-refractivity contribution in [1.29, 1.82) is 0 Å². The Labute approximate surface area is 107 Å². The molecule has 0 fully saturated rings. The highest BCUT2D eigenvalue weighted by atomic mass is 32.1. The molecule has 0 aliphatic rings. The van der Waals surface area contributed by atoms with Gasteiger partial charge in [0, 0.05) is 11.1 Å². The van der Waals surface area contributed by atoms with Gasteiger partial charge in [0.25, 0.3) is 0 Å². The van der Waals surface area contributed by atoms with Crippen LogP contribution in [0.4, 0.5) is 5.69 Å². The number of benzene rings is 1. The van der Waals surface area contributed by atoms with Crippen LogP contribution >= 0.6 is 11.5 Å². The Morgan fingerprint density at radius 3 is 2.78 bits per heavy atom. The van der Waals surface area contributed by atoms with Gasteiger partial charge in [0.05, 0.1) is 17.9 Å². The normalized spacial score (nSPS) is 10.4.